The van der Waals surface area contributed by atoms with Gasteiger partial charge in [-0.2, -0.15) is 5.26 Å². The fourth-order valence-electron chi connectivity index (χ4n) is 3.47. The van der Waals surface area contributed by atoms with E-state index in [1.54, 1.807) is 0 Å². The quantitative estimate of drug-likeness (QED) is 0.633. The Bertz CT molecular complexity index is 937. The average molecular weight is 354 g/mol. The van der Waals surface area contributed by atoms with Gasteiger partial charge in [0.05, 0.1) is 10.8 Å². The minimum Gasteiger partial charge on any atom is -0.872 e. The van der Waals surface area contributed by atoms with E-state index in [2.05, 4.69) is 0 Å². The monoisotopic (exact) mass is 354 g/mol. The summed E-state index contributed by atoms with van der Waals surface area (Å²) in [7, 11) is 0. The third kappa shape index (κ3) is 2.77. The molecule has 0 saturated carbocycles. The first kappa shape index (κ1) is 17.5. The van der Waals surface area contributed by atoms with Crippen molar-refractivity contribution in [3.63, 3.8) is 0 Å². The van der Waals surface area contributed by atoms with E-state index < -0.39 is 16.6 Å². The van der Waals surface area contributed by atoms with Gasteiger partial charge in [0.2, 0.25) is 5.88 Å². The summed E-state index contributed by atoms with van der Waals surface area (Å²) in [5.74, 6) is -1.69. The lowest BCUT2D eigenvalue weighted by atomic mass is 9.70. The maximum Gasteiger partial charge on any atom is 0.269 e. The Balaban J connectivity index is 2.25. The standard InChI is InChI=1S/C18H17N3O5/c1-18(2)6-13(23)16-14(7-18)26-17(20)11(8-19)15(16)10-5-9(21(24)25)3-4-12(10)22/h3-5,15,22H,6-7,20H2,1-2H3/p-1/t15-/m0/s1. The highest BCUT2D eigenvalue weighted by Gasteiger charge is 2.43. The Morgan fingerprint density at radius 2 is 2.08 bits per heavy atom. The molecule has 2 aliphatic rings. The third-order valence-corrected chi connectivity index (χ3v) is 4.59. The topological polar surface area (TPSA) is 142 Å². The molecule has 1 aliphatic carbocycles. The number of rotatable bonds is 2. The van der Waals surface area contributed by atoms with E-state index in [-0.39, 0.29) is 45.9 Å². The Hall–Kier alpha value is -3.34. The molecular weight excluding hydrogens is 338 g/mol. The van der Waals surface area contributed by atoms with Crippen LogP contribution in [0, 0.1) is 26.9 Å². The predicted molar refractivity (Wildman–Crippen MR) is 88.2 cm³/mol. The number of nitrogens with two attached hydrogens (primary N) is 1. The van der Waals surface area contributed by atoms with Gasteiger partial charge in [0.1, 0.15) is 17.4 Å². The molecule has 1 heterocycles. The zero-order chi connectivity index (χ0) is 19.2. The molecule has 0 bridgehead atoms. The number of allylic oxidation sites excluding steroid dienone is 3. The molecule has 8 heteroatoms. The van der Waals surface area contributed by atoms with Gasteiger partial charge in [-0.25, -0.2) is 0 Å². The van der Waals surface area contributed by atoms with Crippen molar-refractivity contribution in [2.24, 2.45) is 11.1 Å². The Morgan fingerprint density at radius 1 is 1.38 bits per heavy atom. The van der Waals surface area contributed by atoms with Crippen LogP contribution < -0.4 is 10.8 Å². The fraction of sp³-hybridized carbons (Fsp3) is 0.333. The number of nitriles is 1. The number of benzene rings is 1. The van der Waals surface area contributed by atoms with E-state index in [4.69, 9.17) is 10.5 Å². The second kappa shape index (κ2) is 5.88. The normalized spacial score (nSPS) is 21.7. The Labute approximate surface area is 149 Å². The number of Topliss-reactive ketones (excluding diaryl/α,β-unsaturated/α-hetero) is 1. The van der Waals surface area contributed by atoms with E-state index in [1.807, 2.05) is 19.9 Å². The molecule has 1 aromatic carbocycles. The maximum absolute atomic E-state index is 12.8. The summed E-state index contributed by atoms with van der Waals surface area (Å²) in [5, 5.41) is 33.0. The van der Waals surface area contributed by atoms with Crippen LogP contribution in [0.5, 0.6) is 5.75 Å². The minimum atomic E-state index is -1.06. The van der Waals surface area contributed by atoms with Crippen molar-refractivity contribution in [1.29, 1.82) is 5.26 Å². The summed E-state index contributed by atoms with van der Waals surface area (Å²) < 4.78 is 5.53. The number of nitrogens with zero attached hydrogens (tertiary/aromatic N) is 2. The third-order valence-electron chi connectivity index (χ3n) is 4.59. The first-order valence-corrected chi connectivity index (χ1v) is 7.94. The molecule has 1 aromatic rings. The summed E-state index contributed by atoms with van der Waals surface area (Å²) in [6.07, 6.45) is 0.626. The van der Waals surface area contributed by atoms with Crippen LogP contribution in [0.4, 0.5) is 5.69 Å². The SMILES string of the molecule is CC1(C)CC(=O)C2=C(C1)OC(N)=C(C#N)[C@@H]2c1cc([N+](=O)[O-])ccc1[O-]. The number of ketones is 1. The molecule has 2 N–H and O–H groups in total. The van der Waals surface area contributed by atoms with Crippen LogP contribution in [0.3, 0.4) is 0 Å². The number of ether oxygens (including phenoxy) is 1. The largest absolute Gasteiger partial charge is 0.872 e. The van der Waals surface area contributed by atoms with E-state index in [9.17, 15) is 25.3 Å². The molecule has 134 valence electrons. The van der Waals surface area contributed by atoms with Gasteiger partial charge in [0, 0.05) is 30.5 Å². The number of nitro benzene ring substituents is 1. The van der Waals surface area contributed by atoms with Gasteiger partial charge in [0.15, 0.2) is 5.78 Å². The van der Waals surface area contributed by atoms with Crippen molar-refractivity contribution in [3.05, 3.63) is 56.7 Å². The number of hydrogen-bond acceptors (Lipinski definition) is 7. The molecular formula is C18H16N3O5-. The van der Waals surface area contributed by atoms with Crippen molar-refractivity contribution in [2.75, 3.05) is 0 Å². The maximum atomic E-state index is 12.8. The zero-order valence-electron chi connectivity index (χ0n) is 14.2. The lowest BCUT2D eigenvalue weighted by Gasteiger charge is -2.38. The summed E-state index contributed by atoms with van der Waals surface area (Å²) in [6.45, 7) is 3.80. The van der Waals surface area contributed by atoms with Crippen molar-refractivity contribution in [2.45, 2.75) is 32.6 Å². The summed E-state index contributed by atoms with van der Waals surface area (Å²) in [6, 6.07) is 5.13. The summed E-state index contributed by atoms with van der Waals surface area (Å²) in [5.41, 5.74) is 5.28. The molecule has 26 heavy (non-hydrogen) atoms. The molecule has 0 unspecified atom stereocenters. The Kier molecular flexibility index (Phi) is 3.95. The van der Waals surface area contributed by atoms with Crippen LogP contribution in [0.25, 0.3) is 0 Å². The molecule has 3 rings (SSSR count). The number of nitro groups is 1. The van der Waals surface area contributed by atoms with Crippen molar-refractivity contribution in [3.8, 4) is 11.8 Å². The lowest BCUT2D eigenvalue weighted by Crippen LogP contribution is -2.33. The van der Waals surface area contributed by atoms with Crippen molar-refractivity contribution >= 4 is 11.5 Å². The molecule has 0 radical (unpaired) electrons. The molecule has 1 aliphatic heterocycles. The predicted octanol–water partition coefficient (Wildman–Crippen LogP) is 2.12. The average Bonchev–Trinajstić information content (AvgIpc) is 2.52. The van der Waals surface area contributed by atoms with Gasteiger partial charge in [0.25, 0.3) is 5.69 Å². The molecule has 8 nitrogen and oxygen atoms in total. The van der Waals surface area contributed by atoms with Crippen LogP contribution in [0.1, 0.15) is 38.2 Å². The van der Waals surface area contributed by atoms with E-state index in [1.165, 1.54) is 0 Å². The highest BCUT2D eigenvalue weighted by molar-refractivity contribution is 6.00. The highest BCUT2D eigenvalue weighted by Crippen LogP contribution is 2.49. The number of carbonyl (C=O) groups is 1. The van der Waals surface area contributed by atoms with Crippen LogP contribution in [0.2, 0.25) is 0 Å². The van der Waals surface area contributed by atoms with Gasteiger partial charge >= 0.3 is 0 Å². The van der Waals surface area contributed by atoms with Crippen LogP contribution >= 0.6 is 0 Å². The number of carbonyl (C=O) groups excluding carboxylic acids is 1. The van der Waals surface area contributed by atoms with Gasteiger partial charge in [-0.15, -0.1) is 5.75 Å². The second-order valence-electron chi connectivity index (χ2n) is 7.18. The van der Waals surface area contributed by atoms with Gasteiger partial charge in [-0.3, -0.25) is 14.9 Å². The van der Waals surface area contributed by atoms with Crippen molar-refractivity contribution in [1.82, 2.24) is 0 Å². The minimum absolute atomic E-state index is 0.0254. The number of hydrogen-bond donors (Lipinski definition) is 1. The van der Waals surface area contributed by atoms with E-state index >= 15 is 0 Å². The van der Waals surface area contributed by atoms with Crippen LogP contribution in [-0.4, -0.2) is 10.7 Å². The molecule has 0 fully saturated rings. The first-order chi connectivity index (χ1) is 12.1. The smallest absolute Gasteiger partial charge is 0.269 e. The van der Waals surface area contributed by atoms with Gasteiger partial charge < -0.3 is 15.6 Å². The number of non-ortho nitro benzene ring substituents is 1. The Morgan fingerprint density at radius 3 is 2.69 bits per heavy atom. The van der Waals surface area contributed by atoms with Crippen LogP contribution in [0.15, 0.2) is 41.0 Å². The lowest BCUT2D eigenvalue weighted by molar-refractivity contribution is -0.385. The summed E-state index contributed by atoms with van der Waals surface area (Å²) in [4.78, 5) is 23.2. The molecule has 0 amide bonds. The van der Waals surface area contributed by atoms with Crippen LogP contribution in [-0.2, 0) is 9.53 Å². The highest BCUT2D eigenvalue weighted by atomic mass is 16.6. The summed E-state index contributed by atoms with van der Waals surface area (Å²) >= 11 is 0. The molecule has 0 saturated heterocycles. The van der Waals surface area contributed by atoms with E-state index in [0.29, 0.717) is 12.2 Å². The van der Waals surface area contributed by atoms with Crippen molar-refractivity contribution < 1.29 is 19.6 Å². The van der Waals surface area contributed by atoms with E-state index in [0.717, 1.165) is 18.2 Å². The second-order valence-corrected chi connectivity index (χ2v) is 7.18. The molecule has 0 spiro atoms. The molecule has 1 atom stereocenters. The van der Waals surface area contributed by atoms with Gasteiger partial charge in [-0.05, 0) is 11.0 Å². The zero-order valence-corrected chi connectivity index (χ0v) is 14.2. The fourth-order valence-corrected chi connectivity index (χ4v) is 3.47. The molecule has 0 aromatic heterocycles. The first-order valence-electron chi connectivity index (χ1n) is 7.94. The van der Waals surface area contributed by atoms with Gasteiger partial charge in [-0.1, -0.05) is 19.9 Å².